The zero-order chi connectivity index (χ0) is 14.8. The van der Waals surface area contributed by atoms with Crippen LogP contribution in [0.3, 0.4) is 0 Å². The maximum absolute atomic E-state index is 9.97. The van der Waals surface area contributed by atoms with E-state index in [9.17, 15) is 10.1 Å². The van der Waals surface area contributed by atoms with Gasteiger partial charge in [-0.3, -0.25) is 21.3 Å². The summed E-state index contributed by atoms with van der Waals surface area (Å²) in [5.41, 5.74) is 18.8. The van der Waals surface area contributed by atoms with Gasteiger partial charge in [0.25, 0.3) is 5.96 Å². The molecule has 0 aromatic heterocycles. The van der Waals surface area contributed by atoms with Gasteiger partial charge >= 0.3 is 0 Å². The highest BCUT2D eigenvalue weighted by Crippen LogP contribution is 1.82. The van der Waals surface area contributed by atoms with Crippen molar-refractivity contribution < 1.29 is 15.4 Å². The van der Waals surface area contributed by atoms with E-state index >= 15 is 0 Å². The fourth-order valence-electron chi connectivity index (χ4n) is 0.625. The average Bonchev–Trinajstić information content (AvgIpc) is 2.24. The van der Waals surface area contributed by atoms with E-state index in [0.717, 1.165) is 0 Å². The van der Waals surface area contributed by atoms with Gasteiger partial charge in [-0.2, -0.15) is 0 Å². The maximum Gasteiger partial charge on any atom is 0.273 e. The smallest absolute Gasteiger partial charge is 0.273 e. The third-order valence-electron chi connectivity index (χ3n) is 1.24. The molecule has 0 rings (SSSR count). The monoisotopic (exact) mass is 278 g/mol. The molecule has 19 heavy (non-hydrogen) atoms. The number of nitrogens with two attached hydrogens (primary N) is 2. The van der Waals surface area contributed by atoms with Crippen molar-refractivity contribution in [1.82, 2.24) is 27.0 Å². The molecular weight excluding hydrogens is 264 g/mol. The van der Waals surface area contributed by atoms with Gasteiger partial charge in [-0.1, -0.05) is 5.43 Å². The van der Waals surface area contributed by atoms with Crippen molar-refractivity contribution in [2.24, 2.45) is 21.7 Å². The lowest BCUT2D eigenvalue weighted by molar-refractivity contribution is -0.525. The zero-order valence-corrected chi connectivity index (χ0v) is 9.73. The number of hydrazine groups is 2. The van der Waals surface area contributed by atoms with Crippen molar-refractivity contribution in [3.05, 3.63) is 22.0 Å². The van der Waals surface area contributed by atoms with Gasteiger partial charge in [0.2, 0.25) is 5.96 Å². The third kappa shape index (κ3) is 10.1. The molecule has 0 aliphatic carbocycles. The Balaban J connectivity index is 4.18. The number of hydrogen-bond acceptors (Lipinski definition) is 9. The molecule has 0 saturated carbocycles. The molecule has 0 heterocycles. The van der Waals surface area contributed by atoms with E-state index in [1.54, 1.807) is 12.3 Å². The van der Waals surface area contributed by atoms with E-state index in [1.165, 1.54) is 6.20 Å². The Bertz CT molecular complexity index is 389. The van der Waals surface area contributed by atoms with Crippen molar-refractivity contribution in [2.45, 2.75) is 6.92 Å². The number of rotatable bonds is 6. The first-order valence-corrected chi connectivity index (χ1v) is 4.51. The summed E-state index contributed by atoms with van der Waals surface area (Å²) >= 11 is 0. The Morgan fingerprint density at radius 2 is 2.00 bits per heavy atom. The SMILES string of the molecule is C/C(=C\N/N=C(\N)N[N+](=O)[O-])N/N=C(\N)NN(O)O. The van der Waals surface area contributed by atoms with E-state index in [4.69, 9.17) is 21.9 Å². The molecular formula is C5H14N10O4. The Morgan fingerprint density at radius 1 is 1.37 bits per heavy atom. The molecule has 14 nitrogen and oxygen atoms in total. The third-order valence-corrected chi connectivity index (χ3v) is 1.24. The van der Waals surface area contributed by atoms with Crippen LogP contribution >= 0.6 is 0 Å². The number of guanidine groups is 2. The topological polar surface area (TPSA) is 212 Å². The molecule has 0 aromatic carbocycles. The van der Waals surface area contributed by atoms with Crippen LogP contribution in [-0.2, 0) is 0 Å². The molecule has 0 amide bonds. The Hall–Kier alpha value is -2.84. The van der Waals surface area contributed by atoms with Crippen molar-refractivity contribution in [3.8, 4) is 0 Å². The first-order valence-electron chi connectivity index (χ1n) is 4.51. The summed E-state index contributed by atoms with van der Waals surface area (Å²) in [6.45, 7) is 1.55. The molecule has 0 aromatic rings. The number of nitro groups is 1. The van der Waals surface area contributed by atoms with E-state index in [-0.39, 0.29) is 11.3 Å². The molecule has 0 unspecified atom stereocenters. The lowest BCUT2D eigenvalue weighted by atomic mass is 10.6. The number of hydrazone groups is 2. The Kier molecular flexibility index (Phi) is 7.04. The molecule has 0 aliphatic rings. The first kappa shape index (κ1) is 16.2. The summed E-state index contributed by atoms with van der Waals surface area (Å²) in [5, 5.41) is 32.2. The highest BCUT2D eigenvalue weighted by molar-refractivity contribution is 5.77. The van der Waals surface area contributed by atoms with E-state index in [1.807, 2.05) is 5.43 Å². The second kappa shape index (κ2) is 8.28. The number of nitrogens with zero attached hydrogens (tertiary/aromatic N) is 4. The lowest BCUT2D eigenvalue weighted by Crippen LogP contribution is -2.43. The fraction of sp³-hybridized carbons (Fsp3) is 0.200. The van der Waals surface area contributed by atoms with Gasteiger partial charge in [-0.05, 0) is 6.92 Å². The van der Waals surface area contributed by atoms with Crippen LogP contribution < -0.4 is 33.2 Å². The molecule has 0 saturated heterocycles. The van der Waals surface area contributed by atoms with Crippen molar-refractivity contribution >= 4 is 11.9 Å². The quantitative estimate of drug-likeness (QED) is 0.105. The molecule has 108 valence electrons. The molecule has 0 spiro atoms. The van der Waals surface area contributed by atoms with Crippen LogP contribution in [0.1, 0.15) is 6.92 Å². The number of allylic oxidation sites excluding steroid dienone is 1. The maximum atomic E-state index is 9.97. The van der Waals surface area contributed by atoms with Gasteiger partial charge in [-0.25, -0.2) is 15.5 Å². The Labute approximate surface area is 106 Å². The summed E-state index contributed by atoms with van der Waals surface area (Å²) in [6.07, 6.45) is 1.26. The molecule has 0 atom stereocenters. The Morgan fingerprint density at radius 3 is 2.53 bits per heavy atom. The largest absolute Gasteiger partial charge is 0.367 e. The van der Waals surface area contributed by atoms with Crippen LogP contribution in [0.4, 0.5) is 0 Å². The zero-order valence-electron chi connectivity index (χ0n) is 9.73. The summed E-state index contributed by atoms with van der Waals surface area (Å²) in [5.74, 6) is -0.786. The predicted molar refractivity (Wildman–Crippen MR) is 62.0 cm³/mol. The standard InChI is InChI=1S/C5H14N10O4/c1-3(9-11-5(7)13-15(18)19)2-8-10-4(6)12-14(16)17/h2,8-9,18-19H,1H3,(H3,6,10,12)(H3,7,11,13)/b3-2+. The van der Waals surface area contributed by atoms with Crippen LogP contribution in [0.15, 0.2) is 22.1 Å². The van der Waals surface area contributed by atoms with Gasteiger partial charge in [-0.15, -0.1) is 10.2 Å². The summed E-state index contributed by atoms with van der Waals surface area (Å²) in [4.78, 5) is 9.97. The molecule has 10 N–H and O–H groups in total. The van der Waals surface area contributed by atoms with Crippen molar-refractivity contribution in [2.75, 3.05) is 0 Å². The summed E-state index contributed by atoms with van der Waals surface area (Å²) in [6, 6.07) is 0. The summed E-state index contributed by atoms with van der Waals surface area (Å²) < 4.78 is 0. The molecule has 0 aliphatic heterocycles. The summed E-state index contributed by atoms with van der Waals surface area (Å²) in [7, 11) is 0. The molecule has 0 fully saturated rings. The molecule has 14 heteroatoms. The molecule has 0 bridgehead atoms. The van der Waals surface area contributed by atoms with Crippen LogP contribution in [0.5, 0.6) is 0 Å². The van der Waals surface area contributed by atoms with Gasteiger partial charge < -0.3 is 11.5 Å². The highest BCUT2D eigenvalue weighted by Gasteiger charge is 1.97. The number of hydrogen-bond donors (Lipinski definition) is 8. The van der Waals surface area contributed by atoms with Crippen LogP contribution in [-0.4, -0.2) is 32.7 Å². The number of nitrogens with one attached hydrogen (secondary N) is 4. The minimum atomic E-state index is -0.873. The average molecular weight is 278 g/mol. The highest BCUT2D eigenvalue weighted by atomic mass is 16.8. The van der Waals surface area contributed by atoms with E-state index in [0.29, 0.717) is 5.70 Å². The van der Waals surface area contributed by atoms with Gasteiger partial charge in [0.15, 0.2) is 5.03 Å². The minimum absolute atomic E-state index is 0.337. The van der Waals surface area contributed by atoms with Crippen molar-refractivity contribution in [1.29, 1.82) is 0 Å². The first-order chi connectivity index (χ1) is 8.81. The second-order valence-corrected chi connectivity index (χ2v) is 2.83. The predicted octanol–water partition coefficient (Wildman–Crippen LogP) is -3.15. The van der Waals surface area contributed by atoms with Gasteiger partial charge in [0.05, 0.1) is 0 Å². The van der Waals surface area contributed by atoms with Crippen LogP contribution in [0, 0.1) is 10.1 Å². The lowest BCUT2D eigenvalue weighted by Gasteiger charge is -2.08. The molecule has 0 radical (unpaired) electrons. The van der Waals surface area contributed by atoms with Crippen LogP contribution in [0.2, 0.25) is 0 Å². The minimum Gasteiger partial charge on any atom is -0.367 e. The normalized spacial score (nSPS) is 13.2. The second-order valence-electron chi connectivity index (χ2n) is 2.83. The van der Waals surface area contributed by atoms with Crippen LogP contribution in [0.25, 0.3) is 0 Å². The van der Waals surface area contributed by atoms with E-state index in [2.05, 4.69) is 21.1 Å². The van der Waals surface area contributed by atoms with E-state index < -0.39 is 11.0 Å². The van der Waals surface area contributed by atoms with Gasteiger partial charge in [0.1, 0.15) is 0 Å². The van der Waals surface area contributed by atoms with Crippen molar-refractivity contribution in [3.63, 3.8) is 0 Å². The fourth-order valence-corrected chi connectivity index (χ4v) is 0.625. The van der Waals surface area contributed by atoms with Gasteiger partial charge in [0, 0.05) is 17.2 Å².